The molecule has 0 saturated carbocycles. The monoisotopic (exact) mass is 133 g/mol. The molecule has 0 spiro atoms. The highest BCUT2D eigenvalue weighted by atomic mass is 28.3. The van der Waals surface area contributed by atoms with Gasteiger partial charge in [-0.2, -0.15) is 0 Å². The van der Waals surface area contributed by atoms with Crippen molar-refractivity contribution in [1.82, 2.24) is 0 Å². The highest BCUT2D eigenvalue weighted by Crippen LogP contribution is 1.96. The van der Waals surface area contributed by atoms with Gasteiger partial charge in [-0.15, -0.1) is 0 Å². The molecular weight excluding hydrogens is 120 g/mol. The molecule has 3 heteroatoms. The van der Waals surface area contributed by atoms with Crippen LogP contribution in [0.1, 0.15) is 6.42 Å². The summed E-state index contributed by atoms with van der Waals surface area (Å²) in [7, 11) is 2.13. The molecule has 0 aromatic rings. The van der Waals surface area contributed by atoms with Gasteiger partial charge in [0.15, 0.2) is 0 Å². The quantitative estimate of drug-likeness (QED) is 0.526. The molecule has 1 radical (unpaired) electrons. The van der Waals surface area contributed by atoms with Crippen molar-refractivity contribution in [2.24, 2.45) is 0 Å². The molecule has 0 rings (SSSR count). The molecule has 49 valence electrons. The fourth-order valence-electron chi connectivity index (χ4n) is 0.499. The molecule has 0 amide bonds. The van der Waals surface area contributed by atoms with E-state index in [1.54, 1.807) is 14.2 Å². The van der Waals surface area contributed by atoms with E-state index in [0.29, 0.717) is 0 Å². The molecule has 8 heavy (non-hydrogen) atoms. The van der Waals surface area contributed by atoms with Gasteiger partial charge in [-0.1, -0.05) is 13.3 Å². The molecule has 0 atom stereocenters. The zero-order valence-corrected chi connectivity index (χ0v) is 6.67. The van der Waals surface area contributed by atoms with Crippen LogP contribution in [0, 0.1) is 6.92 Å². The van der Waals surface area contributed by atoms with Gasteiger partial charge >= 0.3 is 9.28 Å². The largest absolute Gasteiger partial charge is 0.400 e. The summed E-state index contributed by atoms with van der Waals surface area (Å²) in [6, 6.07) is 1.01. The minimum atomic E-state index is -1.25. The first-order chi connectivity index (χ1) is 3.85. The van der Waals surface area contributed by atoms with E-state index in [9.17, 15) is 0 Å². The van der Waals surface area contributed by atoms with Gasteiger partial charge < -0.3 is 8.85 Å². The summed E-state index contributed by atoms with van der Waals surface area (Å²) < 4.78 is 10.0. The maximum absolute atomic E-state index is 5.02. The smallest absolute Gasteiger partial charge is 0.320 e. The zero-order chi connectivity index (χ0) is 6.41. The van der Waals surface area contributed by atoms with Crippen LogP contribution in [0.3, 0.4) is 0 Å². The van der Waals surface area contributed by atoms with Crippen molar-refractivity contribution < 1.29 is 8.85 Å². The summed E-state index contributed by atoms with van der Waals surface area (Å²) in [5, 5.41) is 0. The maximum atomic E-state index is 5.02. The summed E-state index contributed by atoms with van der Waals surface area (Å²) in [5.74, 6) is 0. The van der Waals surface area contributed by atoms with Gasteiger partial charge in [0.2, 0.25) is 0 Å². The van der Waals surface area contributed by atoms with Gasteiger partial charge in [-0.3, -0.25) is 0 Å². The van der Waals surface area contributed by atoms with Crippen molar-refractivity contribution in [2.75, 3.05) is 14.2 Å². The summed E-state index contributed by atoms with van der Waals surface area (Å²) in [6.45, 7) is 3.70. The van der Waals surface area contributed by atoms with Gasteiger partial charge in [0, 0.05) is 14.2 Å². The SMILES string of the molecule is [CH2]CC[SiH](OC)OC. The Morgan fingerprint density at radius 2 is 1.88 bits per heavy atom. The van der Waals surface area contributed by atoms with Crippen molar-refractivity contribution in [1.29, 1.82) is 0 Å². The number of rotatable bonds is 4. The van der Waals surface area contributed by atoms with E-state index in [0.717, 1.165) is 12.5 Å². The number of hydrogen-bond donors (Lipinski definition) is 0. The van der Waals surface area contributed by atoms with Crippen LogP contribution in [-0.4, -0.2) is 23.5 Å². The van der Waals surface area contributed by atoms with Gasteiger partial charge in [0.05, 0.1) is 0 Å². The highest BCUT2D eigenvalue weighted by molar-refractivity contribution is 6.44. The lowest BCUT2D eigenvalue weighted by molar-refractivity contribution is 0.278. The van der Waals surface area contributed by atoms with Gasteiger partial charge in [0.1, 0.15) is 0 Å². The molecule has 0 N–H and O–H groups in total. The lowest BCUT2D eigenvalue weighted by atomic mass is 10.6. The third kappa shape index (κ3) is 3.18. The van der Waals surface area contributed by atoms with Crippen molar-refractivity contribution >= 4 is 9.28 Å². The highest BCUT2D eigenvalue weighted by Gasteiger charge is 2.05. The second-order valence-corrected chi connectivity index (χ2v) is 3.92. The van der Waals surface area contributed by atoms with Crippen LogP contribution in [0.15, 0.2) is 0 Å². The molecule has 0 fully saturated rings. The van der Waals surface area contributed by atoms with E-state index in [2.05, 4.69) is 6.92 Å². The Morgan fingerprint density at radius 1 is 1.38 bits per heavy atom. The van der Waals surface area contributed by atoms with Crippen LogP contribution < -0.4 is 0 Å². The number of hydrogen-bond acceptors (Lipinski definition) is 2. The fourth-order valence-corrected chi connectivity index (χ4v) is 1.50. The van der Waals surface area contributed by atoms with Gasteiger partial charge in [-0.05, 0) is 6.04 Å². The minimum absolute atomic E-state index is 0.915. The summed E-state index contributed by atoms with van der Waals surface area (Å²) in [6.07, 6.45) is 0.915. The standard InChI is InChI=1S/C5H13O2Si/c1-4-5-8(6-2)7-3/h8H,1,4-5H2,2-3H3. The molecule has 0 aliphatic rings. The second-order valence-electron chi connectivity index (χ2n) is 1.54. The average Bonchev–Trinajstić information content (AvgIpc) is 1.83. The minimum Gasteiger partial charge on any atom is -0.400 e. The predicted octanol–water partition coefficient (Wildman–Crippen LogP) is 0.724. The van der Waals surface area contributed by atoms with Crippen LogP contribution in [-0.2, 0) is 8.85 Å². The first-order valence-electron chi connectivity index (χ1n) is 2.70. The molecule has 0 unspecified atom stereocenters. The summed E-state index contributed by atoms with van der Waals surface area (Å²) in [4.78, 5) is 0. The molecule has 0 aliphatic carbocycles. The zero-order valence-electron chi connectivity index (χ0n) is 5.52. The normalized spacial score (nSPS) is 10.5. The fraction of sp³-hybridized carbons (Fsp3) is 0.800. The Bertz CT molecular complexity index is 45.7. The van der Waals surface area contributed by atoms with E-state index < -0.39 is 9.28 Å². The van der Waals surface area contributed by atoms with E-state index in [-0.39, 0.29) is 0 Å². The van der Waals surface area contributed by atoms with E-state index in [1.807, 2.05) is 0 Å². The molecule has 0 aromatic carbocycles. The van der Waals surface area contributed by atoms with Gasteiger partial charge in [-0.25, -0.2) is 0 Å². The molecule has 0 saturated heterocycles. The summed E-state index contributed by atoms with van der Waals surface area (Å²) >= 11 is 0. The Labute approximate surface area is 52.7 Å². The Morgan fingerprint density at radius 3 is 2.00 bits per heavy atom. The van der Waals surface area contributed by atoms with Crippen molar-refractivity contribution in [3.05, 3.63) is 6.92 Å². The Balaban J connectivity index is 3.07. The van der Waals surface area contributed by atoms with Crippen LogP contribution in [0.4, 0.5) is 0 Å². The summed E-state index contributed by atoms with van der Waals surface area (Å²) in [5.41, 5.74) is 0. The van der Waals surface area contributed by atoms with E-state index >= 15 is 0 Å². The third-order valence-corrected chi connectivity index (χ3v) is 2.90. The van der Waals surface area contributed by atoms with Crippen LogP contribution in [0.2, 0.25) is 6.04 Å². The lowest BCUT2D eigenvalue weighted by Crippen LogP contribution is -2.17. The van der Waals surface area contributed by atoms with Crippen LogP contribution in [0.5, 0.6) is 0 Å². The molecule has 0 aromatic heterocycles. The average molecular weight is 133 g/mol. The first-order valence-corrected chi connectivity index (χ1v) is 4.46. The third-order valence-electron chi connectivity index (χ3n) is 0.966. The van der Waals surface area contributed by atoms with Crippen molar-refractivity contribution in [2.45, 2.75) is 12.5 Å². The Hall–Kier alpha value is 0.137. The first kappa shape index (κ1) is 8.14. The van der Waals surface area contributed by atoms with Crippen LogP contribution in [0.25, 0.3) is 0 Å². The maximum Gasteiger partial charge on any atom is 0.320 e. The molecule has 0 aliphatic heterocycles. The van der Waals surface area contributed by atoms with Crippen molar-refractivity contribution in [3.63, 3.8) is 0 Å². The van der Waals surface area contributed by atoms with Crippen molar-refractivity contribution in [3.8, 4) is 0 Å². The topological polar surface area (TPSA) is 18.5 Å². The molecular formula is C5H13O2Si. The molecule has 0 heterocycles. The lowest BCUT2D eigenvalue weighted by Gasteiger charge is -2.07. The molecule has 0 bridgehead atoms. The molecule has 2 nitrogen and oxygen atoms in total. The second kappa shape index (κ2) is 5.28. The predicted molar refractivity (Wildman–Crippen MR) is 35.9 cm³/mol. The van der Waals surface area contributed by atoms with E-state index in [4.69, 9.17) is 8.85 Å². The van der Waals surface area contributed by atoms with E-state index in [1.165, 1.54) is 0 Å². The van der Waals surface area contributed by atoms with Crippen LogP contribution >= 0.6 is 0 Å². The Kier molecular flexibility index (Phi) is 5.37. The van der Waals surface area contributed by atoms with Gasteiger partial charge in [0.25, 0.3) is 0 Å².